The largest absolute Gasteiger partial charge is 0.457 e. The second-order valence-corrected chi connectivity index (χ2v) is 2.87. The second kappa shape index (κ2) is 1.54. The summed E-state index contributed by atoms with van der Waals surface area (Å²) in [5, 5.41) is 0. The zero-order chi connectivity index (χ0) is 7.30. The van der Waals surface area contributed by atoms with Gasteiger partial charge in [0.2, 0.25) is 0 Å². The van der Waals surface area contributed by atoms with E-state index in [0.29, 0.717) is 0 Å². The van der Waals surface area contributed by atoms with Crippen molar-refractivity contribution >= 4 is 11.2 Å². The van der Waals surface area contributed by atoms with Crippen LogP contribution in [0.25, 0.3) is 11.2 Å². The Kier molecular flexibility index (Phi) is 0.890. The standard InChI is InChI=1S/C9H10O/c1-5-4-8-6(2)7(3)9(5)10-8/h4H,1-3H3. The average Bonchev–Trinajstić information content (AvgIpc) is 2.36. The third kappa shape index (κ3) is 0.480. The van der Waals surface area contributed by atoms with Gasteiger partial charge in [-0.15, -0.1) is 0 Å². The fourth-order valence-corrected chi connectivity index (χ4v) is 1.39. The molecule has 0 aliphatic heterocycles. The fraction of sp³-hybridized carbons (Fsp3) is 0.333. The van der Waals surface area contributed by atoms with Gasteiger partial charge in [-0.25, -0.2) is 0 Å². The van der Waals surface area contributed by atoms with Crippen LogP contribution in [0.3, 0.4) is 0 Å². The SMILES string of the molecule is Cc1c(C)c2oc1cc2C. The van der Waals surface area contributed by atoms with Crippen molar-refractivity contribution in [1.29, 1.82) is 0 Å². The molecule has 10 heavy (non-hydrogen) atoms. The minimum absolute atomic E-state index is 1.05. The first-order valence-corrected chi connectivity index (χ1v) is 3.49. The Morgan fingerprint density at radius 1 is 1.10 bits per heavy atom. The lowest BCUT2D eigenvalue weighted by atomic mass is 10.1. The van der Waals surface area contributed by atoms with Crippen molar-refractivity contribution in [2.24, 2.45) is 0 Å². The zero-order valence-electron chi connectivity index (χ0n) is 6.49. The Balaban J connectivity index is 2.95. The third-order valence-electron chi connectivity index (χ3n) is 2.19. The van der Waals surface area contributed by atoms with Gasteiger partial charge in [0.1, 0.15) is 11.2 Å². The maximum atomic E-state index is 5.48. The molecule has 2 aromatic rings. The maximum Gasteiger partial charge on any atom is 0.133 e. The van der Waals surface area contributed by atoms with Crippen molar-refractivity contribution in [3.63, 3.8) is 0 Å². The summed E-state index contributed by atoms with van der Waals surface area (Å²) in [6, 6.07) is 2.09. The minimum atomic E-state index is 1.05. The molecule has 0 aliphatic rings. The maximum absolute atomic E-state index is 5.48. The van der Waals surface area contributed by atoms with Gasteiger partial charge in [-0.3, -0.25) is 0 Å². The quantitative estimate of drug-likeness (QED) is 0.540. The van der Waals surface area contributed by atoms with Crippen molar-refractivity contribution in [3.05, 3.63) is 22.8 Å². The molecule has 0 N–H and O–H groups in total. The summed E-state index contributed by atoms with van der Waals surface area (Å²) < 4.78 is 5.48. The van der Waals surface area contributed by atoms with E-state index in [0.717, 1.165) is 11.2 Å². The molecule has 2 rings (SSSR count). The van der Waals surface area contributed by atoms with Gasteiger partial charge in [-0.1, -0.05) is 0 Å². The van der Waals surface area contributed by atoms with Crippen LogP contribution in [0.15, 0.2) is 10.5 Å². The number of fused-ring (bicyclic) bond motifs is 2. The molecule has 2 bridgehead atoms. The van der Waals surface area contributed by atoms with Crippen molar-refractivity contribution in [2.75, 3.05) is 0 Å². The van der Waals surface area contributed by atoms with Gasteiger partial charge in [0, 0.05) is 0 Å². The predicted molar refractivity (Wildman–Crippen MR) is 41.6 cm³/mol. The van der Waals surface area contributed by atoms with E-state index in [2.05, 4.69) is 26.8 Å². The lowest BCUT2D eigenvalue weighted by Gasteiger charge is -1.91. The van der Waals surface area contributed by atoms with Crippen molar-refractivity contribution in [2.45, 2.75) is 20.8 Å². The average molecular weight is 134 g/mol. The molecule has 0 aromatic carbocycles. The van der Waals surface area contributed by atoms with E-state index in [1.54, 1.807) is 0 Å². The first kappa shape index (κ1) is 5.78. The Labute approximate surface area is 60.0 Å². The van der Waals surface area contributed by atoms with E-state index in [1.807, 2.05) is 0 Å². The first-order chi connectivity index (χ1) is 4.70. The van der Waals surface area contributed by atoms with E-state index in [9.17, 15) is 0 Å². The Hall–Kier alpha value is -0.980. The highest BCUT2D eigenvalue weighted by molar-refractivity contribution is 5.74. The lowest BCUT2D eigenvalue weighted by molar-refractivity contribution is 0.671. The van der Waals surface area contributed by atoms with Crippen molar-refractivity contribution in [1.82, 2.24) is 0 Å². The second-order valence-electron chi connectivity index (χ2n) is 2.87. The van der Waals surface area contributed by atoms with Crippen LogP contribution in [0, 0.1) is 20.8 Å². The summed E-state index contributed by atoms with van der Waals surface area (Å²) >= 11 is 0. The van der Waals surface area contributed by atoms with Gasteiger partial charge in [0.25, 0.3) is 0 Å². The summed E-state index contributed by atoms with van der Waals surface area (Å²) in [6.45, 7) is 6.28. The topological polar surface area (TPSA) is 13.1 Å². The molecule has 0 spiro atoms. The van der Waals surface area contributed by atoms with Gasteiger partial charge in [0.15, 0.2) is 0 Å². The number of aryl methyl sites for hydroxylation is 3. The highest BCUT2D eigenvalue weighted by Gasteiger charge is 2.11. The molecule has 52 valence electrons. The van der Waals surface area contributed by atoms with E-state index < -0.39 is 0 Å². The van der Waals surface area contributed by atoms with Gasteiger partial charge in [-0.05, 0) is 43.5 Å². The third-order valence-corrected chi connectivity index (χ3v) is 2.19. The molecule has 2 aromatic heterocycles. The van der Waals surface area contributed by atoms with Crippen LogP contribution < -0.4 is 0 Å². The number of rotatable bonds is 0. The smallest absolute Gasteiger partial charge is 0.133 e. The van der Waals surface area contributed by atoms with Crippen LogP contribution in [0.2, 0.25) is 0 Å². The van der Waals surface area contributed by atoms with Crippen LogP contribution in [-0.2, 0) is 0 Å². The molecule has 0 unspecified atom stereocenters. The van der Waals surface area contributed by atoms with E-state index in [1.165, 1.54) is 16.7 Å². The summed E-state index contributed by atoms with van der Waals surface area (Å²) in [6.07, 6.45) is 0. The molecule has 0 amide bonds. The van der Waals surface area contributed by atoms with Gasteiger partial charge in [0.05, 0.1) is 0 Å². The summed E-state index contributed by atoms with van der Waals surface area (Å²) in [4.78, 5) is 0. The Morgan fingerprint density at radius 3 is 2.20 bits per heavy atom. The molecule has 0 atom stereocenters. The molecule has 0 saturated carbocycles. The number of furan rings is 2. The number of hydrogen-bond acceptors (Lipinski definition) is 1. The van der Waals surface area contributed by atoms with E-state index in [-0.39, 0.29) is 0 Å². The minimum Gasteiger partial charge on any atom is -0.457 e. The molecule has 0 fully saturated rings. The summed E-state index contributed by atoms with van der Waals surface area (Å²) in [5.41, 5.74) is 5.98. The predicted octanol–water partition coefficient (Wildman–Crippen LogP) is 2.80. The van der Waals surface area contributed by atoms with Gasteiger partial charge >= 0.3 is 0 Å². The van der Waals surface area contributed by atoms with Gasteiger partial charge in [-0.2, -0.15) is 0 Å². The molecule has 0 radical (unpaired) electrons. The molecule has 0 saturated heterocycles. The van der Waals surface area contributed by atoms with E-state index >= 15 is 0 Å². The molecule has 1 nitrogen and oxygen atoms in total. The molecular formula is C9H10O. The summed E-state index contributed by atoms with van der Waals surface area (Å²) in [7, 11) is 0. The highest BCUT2D eigenvalue weighted by Crippen LogP contribution is 2.30. The van der Waals surface area contributed by atoms with Crippen LogP contribution >= 0.6 is 0 Å². The van der Waals surface area contributed by atoms with Crippen LogP contribution in [0.5, 0.6) is 0 Å². The van der Waals surface area contributed by atoms with Crippen LogP contribution in [0.1, 0.15) is 16.7 Å². The van der Waals surface area contributed by atoms with E-state index in [4.69, 9.17) is 4.42 Å². The lowest BCUT2D eigenvalue weighted by Crippen LogP contribution is -1.77. The number of benzene rings is 1. The molecule has 1 heteroatoms. The van der Waals surface area contributed by atoms with Crippen molar-refractivity contribution < 1.29 is 4.42 Å². The number of hydrogen-bond donors (Lipinski definition) is 0. The van der Waals surface area contributed by atoms with Crippen molar-refractivity contribution in [3.8, 4) is 0 Å². The zero-order valence-corrected chi connectivity index (χ0v) is 6.49. The first-order valence-electron chi connectivity index (χ1n) is 3.49. The molecular weight excluding hydrogens is 124 g/mol. The fourth-order valence-electron chi connectivity index (χ4n) is 1.39. The Bertz CT molecular complexity index is 357. The molecule has 2 heterocycles. The summed E-state index contributed by atoms with van der Waals surface area (Å²) in [5.74, 6) is 0. The Morgan fingerprint density at radius 2 is 1.80 bits per heavy atom. The van der Waals surface area contributed by atoms with Gasteiger partial charge < -0.3 is 4.42 Å². The normalized spacial score (nSPS) is 11.5. The molecule has 0 aliphatic carbocycles. The van der Waals surface area contributed by atoms with Crippen LogP contribution in [-0.4, -0.2) is 0 Å². The monoisotopic (exact) mass is 134 g/mol. The highest BCUT2D eigenvalue weighted by atomic mass is 16.3. The van der Waals surface area contributed by atoms with Crippen LogP contribution in [0.4, 0.5) is 0 Å².